The Bertz CT molecular complexity index is 624. The van der Waals surface area contributed by atoms with Gasteiger partial charge in [0.1, 0.15) is 5.54 Å². The molecule has 0 aromatic rings. The largest absolute Gasteiger partial charge is 0.450 e. The molecule has 29 heavy (non-hydrogen) atoms. The molecule has 2 N–H and O–H groups in total. The normalized spacial score (nSPS) is 19.9. The first-order chi connectivity index (χ1) is 14.0. The molecule has 2 fully saturated rings. The number of nitrogens with one attached hydrogen (secondary N) is 2. The zero-order chi connectivity index (χ0) is 21.1. The minimum absolute atomic E-state index is 0.232. The van der Waals surface area contributed by atoms with Crippen molar-refractivity contribution in [3.05, 3.63) is 0 Å². The number of morpholine rings is 1. The number of piperidine rings is 1. The maximum atomic E-state index is 12.5. The fraction of sp³-hybridized carbons (Fsp3) is 0.778. The van der Waals surface area contributed by atoms with Crippen molar-refractivity contribution in [2.75, 3.05) is 52.5 Å². The van der Waals surface area contributed by atoms with Crippen molar-refractivity contribution in [1.29, 1.82) is 5.26 Å². The van der Waals surface area contributed by atoms with Crippen LogP contribution in [0.15, 0.2) is 4.40 Å². The summed E-state index contributed by atoms with van der Waals surface area (Å²) >= 11 is 0.677. The number of rotatable bonds is 5. The molecule has 2 rings (SSSR count). The first-order valence-electron chi connectivity index (χ1n) is 9.99. The van der Waals surface area contributed by atoms with Gasteiger partial charge in [0.25, 0.3) is 0 Å². The summed E-state index contributed by atoms with van der Waals surface area (Å²) in [6.45, 7) is 8.72. The molecule has 0 bridgehead atoms. The van der Waals surface area contributed by atoms with Crippen LogP contribution in [0.5, 0.6) is 0 Å². The Morgan fingerprint density at radius 2 is 1.93 bits per heavy atom. The predicted octanol–water partition coefficient (Wildman–Crippen LogP) is 1.55. The van der Waals surface area contributed by atoms with Gasteiger partial charge < -0.3 is 24.6 Å². The van der Waals surface area contributed by atoms with E-state index in [1.807, 2.05) is 4.90 Å². The molecule has 0 unspecified atom stereocenters. The molecule has 2 aliphatic rings. The summed E-state index contributed by atoms with van der Waals surface area (Å²) < 4.78 is 14.4. The molecule has 0 aliphatic carbocycles. The Labute approximate surface area is 176 Å². The van der Waals surface area contributed by atoms with E-state index in [1.165, 1.54) is 0 Å². The van der Waals surface area contributed by atoms with Crippen LogP contribution in [-0.2, 0) is 9.47 Å². The molecule has 11 heteroatoms. The third-order valence-corrected chi connectivity index (χ3v) is 5.35. The van der Waals surface area contributed by atoms with Crippen LogP contribution in [-0.4, -0.2) is 85.2 Å². The van der Waals surface area contributed by atoms with E-state index in [-0.39, 0.29) is 12.6 Å². The van der Waals surface area contributed by atoms with E-state index in [1.54, 1.807) is 6.92 Å². The van der Waals surface area contributed by atoms with E-state index in [4.69, 9.17) is 9.47 Å². The molecular weight excluding hydrogens is 396 g/mol. The number of nitriles is 1. The van der Waals surface area contributed by atoms with E-state index < -0.39 is 16.9 Å². The van der Waals surface area contributed by atoms with Crippen molar-refractivity contribution in [1.82, 2.24) is 20.4 Å². The lowest BCUT2D eigenvalue weighted by Gasteiger charge is -2.37. The van der Waals surface area contributed by atoms with Gasteiger partial charge in [-0.1, -0.05) is 6.92 Å². The summed E-state index contributed by atoms with van der Waals surface area (Å²) in [6, 6.07) is 2.27. The van der Waals surface area contributed by atoms with Crippen LogP contribution in [0, 0.1) is 11.3 Å². The number of hydrogen-bond donors (Lipinski definition) is 2. The number of nitrogens with zero attached hydrogens (tertiary/aromatic N) is 4. The highest BCUT2D eigenvalue weighted by Gasteiger charge is 2.36. The highest BCUT2D eigenvalue weighted by molar-refractivity contribution is 8.12. The maximum Gasteiger partial charge on any atom is 0.413 e. The van der Waals surface area contributed by atoms with E-state index in [0.29, 0.717) is 51.1 Å². The average molecular weight is 427 g/mol. The molecule has 0 aromatic heterocycles. The van der Waals surface area contributed by atoms with E-state index >= 15 is 0 Å². The zero-order valence-corrected chi connectivity index (χ0v) is 17.9. The number of hydrogen-bond acceptors (Lipinski definition) is 8. The summed E-state index contributed by atoms with van der Waals surface area (Å²) in [5.74, 6) is 0.246. The average Bonchev–Trinajstić information content (AvgIpc) is 2.73. The third kappa shape index (κ3) is 7.38. The summed E-state index contributed by atoms with van der Waals surface area (Å²) in [4.78, 5) is 28.4. The van der Waals surface area contributed by atoms with Gasteiger partial charge in [-0.2, -0.15) is 9.66 Å². The van der Waals surface area contributed by atoms with Gasteiger partial charge in [-0.05, 0) is 32.7 Å². The SMILES string of the molecule is CCCN1CCC(C#N)(NC(=O)SN=C(NC(=O)OCC)N2CCOCC2)CC1. The first-order valence-corrected chi connectivity index (χ1v) is 10.8. The van der Waals surface area contributed by atoms with Gasteiger partial charge in [0.2, 0.25) is 5.96 Å². The number of amides is 2. The Hall–Kier alpha value is -2.03. The summed E-state index contributed by atoms with van der Waals surface area (Å²) in [7, 11) is 0. The Morgan fingerprint density at radius 3 is 2.52 bits per heavy atom. The highest BCUT2D eigenvalue weighted by atomic mass is 32.2. The monoisotopic (exact) mass is 426 g/mol. The third-order valence-electron chi connectivity index (χ3n) is 4.82. The Morgan fingerprint density at radius 1 is 1.24 bits per heavy atom. The van der Waals surface area contributed by atoms with Gasteiger partial charge in [-0.25, -0.2) is 4.79 Å². The molecule has 2 aliphatic heterocycles. The molecular formula is C18H30N6O4S. The topological polar surface area (TPSA) is 119 Å². The number of carbonyl (C=O) groups is 2. The van der Waals surface area contributed by atoms with Crippen molar-refractivity contribution >= 4 is 29.2 Å². The minimum Gasteiger partial charge on any atom is -0.450 e. The molecule has 0 radical (unpaired) electrons. The van der Waals surface area contributed by atoms with Gasteiger partial charge in [0, 0.05) is 26.2 Å². The van der Waals surface area contributed by atoms with Crippen molar-refractivity contribution < 1.29 is 19.1 Å². The van der Waals surface area contributed by atoms with Gasteiger partial charge >= 0.3 is 11.3 Å². The number of likely N-dealkylation sites (tertiary alicyclic amines) is 1. The quantitative estimate of drug-likeness (QED) is 0.386. The van der Waals surface area contributed by atoms with Gasteiger partial charge in [-0.3, -0.25) is 10.1 Å². The van der Waals surface area contributed by atoms with Gasteiger partial charge in [0.05, 0.1) is 37.8 Å². The molecule has 10 nitrogen and oxygen atoms in total. The summed E-state index contributed by atoms with van der Waals surface area (Å²) in [6.07, 6.45) is 1.60. The molecule has 0 aromatic carbocycles. The number of alkyl carbamates (subject to hydrolysis) is 1. The Balaban J connectivity index is 1.96. The lowest BCUT2D eigenvalue weighted by molar-refractivity contribution is 0.0663. The molecule has 2 amide bonds. The number of guanidine groups is 1. The van der Waals surface area contributed by atoms with Crippen LogP contribution in [0.25, 0.3) is 0 Å². The van der Waals surface area contributed by atoms with Crippen molar-refractivity contribution in [3.63, 3.8) is 0 Å². The molecule has 162 valence electrons. The molecule has 2 saturated heterocycles. The van der Waals surface area contributed by atoms with Crippen LogP contribution >= 0.6 is 11.9 Å². The van der Waals surface area contributed by atoms with Gasteiger partial charge in [0.15, 0.2) is 0 Å². The van der Waals surface area contributed by atoms with Crippen LogP contribution < -0.4 is 10.6 Å². The zero-order valence-electron chi connectivity index (χ0n) is 17.1. The van der Waals surface area contributed by atoms with E-state index in [9.17, 15) is 14.9 Å². The van der Waals surface area contributed by atoms with Crippen molar-refractivity contribution in [2.24, 2.45) is 4.40 Å². The second-order valence-corrected chi connectivity index (χ2v) is 7.64. The van der Waals surface area contributed by atoms with E-state index in [0.717, 1.165) is 26.1 Å². The molecule has 0 spiro atoms. The first kappa shape index (κ1) is 23.3. The lowest BCUT2D eigenvalue weighted by atomic mass is 9.89. The van der Waals surface area contributed by atoms with Crippen LogP contribution in [0.1, 0.15) is 33.1 Å². The summed E-state index contributed by atoms with van der Waals surface area (Å²) in [5, 5.41) is 14.6. The van der Waals surface area contributed by atoms with E-state index in [2.05, 4.69) is 32.9 Å². The van der Waals surface area contributed by atoms with Crippen LogP contribution in [0.2, 0.25) is 0 Å². The van der Waals surface area contributed by atoms with Crippen molar-refractivity contribution in [2.45, 2.75) is 38.6 Å². The molecule has 2 heterocycles. The fourth-order valence-corrected chi connectivity index (χ4v) is 3.81. The Kier molecular flexibility index (Phi) is 9.50. The molecule has 0 saturated carbocycles. The minimum atomic E-state index is -0.877. The highest BCUT2D eigenvalue weighted by Crippen LogP contribution is 2.23. The predicted molar refractivity (Wildman–Crippen MR) is 110 cm³/mol. The lowest BCUT2D eigenvalue weighted by Crippen LogP contribution is -2.53. The van der Waals surface area contributed by atoms with Crippen LogP contribution in [0.4, 0.5) is 9.59 Å². The number of ether oxygens (including phenoxy) is 2. The second-order valence-electron chi connectivity index (χ2n) is 6.90. The smallest absolute Gasteiger partial charge is 0.413 e. The van der Waals surface area contributed by atoms with Crippen LogP contribution in [0.3, 0.4) is 0 Å². The number of carbonyl (C=O) groups excluding carboxylic acids is 2. The summed E-state index contributed by atoms with van der Waals surface area (Å²) in [5.41, 5.74) is -0.877. The second kappa shape index (κ2) is 11.8. The molecule has 0 atom stereocenters. The van der Waals surface area contributed by atoms with Crippen molar-refractivity contribution in [3.8, 4) is 6.07 Å². The van der Waals surface area contributed by atoms with Gasteiger partial charge in [-0.15, -0.1) is 0 Å². The standard InChI is InChI=1S/C18H30N6O4S/c1-3-7-23-8-5-18(14-19,6-9-23)21-17(26)29-22-15(20-16(25)28-4-2)24-10-12-27-13-11-24/h3-13H2,1-2H3,(H,21,26)(H,20,22,25). The fourth-order valence-electron chi connectivity index (χ4n) is 3.24. The maximum absolute atomic E-state index is 12.5.